The minimum absolute atomic E-state index is 0.498. The number of anilines is 5. The lowest BCUT2D eigenvalue weighted by Gasteiger charge is -2.27. The fourth-order valence-corrected chi connectivity index (χ4v) is 7.05. The molecular formula is C39H28N2O. The van der Waals surface area contributed by atoms with Crippen molar-refractivity contribution in [2.24, 2.45) is 0 Å². The van der Waals surface area contributed by atoms with E-state index in [1.165, 1.54) is 33.6 Å². The van der Waals surface area contributed by atoms with Crippen LogP contribution in [0.15, 0.2) is 144 Å². The van der Waals surface area contributed by atoms with Crippen molar-refractivity contribution in [2.75, 3.05) is 9.80 Å². The zero-order chi connectivity index (χ0) is 27.6. The van der Waals surface area contributed by atoms with Gasteiger partial charge in [0.15, 0.2) is 0 Å². The van der Waals surface area contributed by atoms with Gasteiger partial charge in [0.2, 0.25) is 0 Å². The molecule has 1 unspecified atom stereocenters. The maximum Gasteiger partial charge on any atom is 0.137 e. The van der Waals surface area contributed by atoms with E-state index in [1.54, 1.807) is 0 Å². The van der Waals surface area contributed by atoms with Gasteiger partial charge in [-0.25, -0.2) is 0 Å². The van der Waals surface area contributed by atoms with Crippen LogP contribution in [0.25, 0.3) is 33.1 Å². The first-order valence-electron chi connectivity index (χ1n) is 14.7. The second-order valence-electron chi connectivity index (χ2n) is 11.4. The molecule has 3 heterocycles. The lowest BCUT2D eigenvalue weighted by atomic mass is 10.0. The monoisotopic (exact) mass is 540 g/mol. The van der Waals surface area contributed by atoms with Crippen LogP contribution >= 0.6 is 0 Å². The topological polar surface area (TPSA) is 19.6 Å². The summed E-state index contributed by atoms with van der Waals surface area (Å²) in [6.07, 6.45) is 2.16. The van der Waals surface area contributed by atoms with E-state index < -0.39 is 0 Å². The van der Waals surface area contributed by atoms with Gasteiger partial charge in [0.25, 0.3) is 0 Å². The van der Waals surface area contributed by atoms with Gasteiger partial charge in [-0.05, 0) is 89.7 Å². The van der Waals surface area contributed by atoms with E-state index in [4.69, 9.17) is 4.42 Å². The van der Waals surface area contributed by atoms with Crippen LogP contribution in [0.3, 0.4) is 0 Å². The van der Waals surface area contributed by atoms with E-state index in [1.807, 2.05) is 12.1 Å². The number of fused-ring (bicyclic) bond motifs is 8. The summed E-state index contributed by atoms with van der Waals surface area (Å²) in [4.78, 5) is 4.91. The largest absolute Gasteiger partial charge is 0.456 e. The quantitative estimate of drug-likeness (QED) is 0.221. The molecule has 2 aliphatic heterocycles. The molecule has 0 radical (unpaired) electrons. The van der Waals surface area contributed by atoms with E-state index in [9.17, 15) is 0 Å². The number of benzene rings is 6. The van der Waals surface area contributed by atoms with Crippen molar-refractivity contribution >= 4 is 50.4 Å². The van der Waals surface area contributed by atoms with E-state index in [2.05, 4.69) is 137 Å². The summed E-state index contributed by atoms with van der Waals surface area (Å²) in [5.74, 6) is 0. The summed E-state index contributed by atoms with van der Waals surface area (Å²) in [5, 5.41) is 2.29. The van der Waals surface area contributed by atoms with Crippen molar-refractivity contribution in [2.45, 2.75) is 18.9 Å². The molecule has 0 saturated heterocycles. The molecule has 3 heteroatoms. The number of furan rings is 1. The molecule has 7 aromatic rings. The van der Waals surface area contributed by atoms with Crippen LogP contribution in [0.5, 0.6) is 0 Å². The van der Waals surface area contributed by atoms with Gasteiger partial charge in [-0.3, -0.25) is 0 Å². The van der Waals surface area contributed by atoms with Gasteiger partial charge in [0.1, 0.15) is 11.2 Å². The maximum absolute atomic E-state index is 6.32. The van der Waals surface area contributed by atoms with Gasteiger partial charge < -0.3 is 14.2 Å². The van der Waals surface area contributed by atoms with Crippen molar-refractivity contribution in [1.82, 2.24) is 0 Å². The molecule has 3 nitrogen and oxygen atoms in total. The summed E-state index contributed by atoms with van der Waals surface area (Å²) in [5.41, 5.74) is 13.2. The zero-order valence-corrected chi connectivity index (χ0v) is 23.1. The fraction of sp³-hybridized carbons (Fsp3) is 0.0769. The second kappa shape index (κ2) is 9.12. The summed E-state index contributed by atoms with van der Waals surface area (Å²) in [7, 11) is 0. The summed E-state index contributed by atoms with van der Waals surface area (Å²) >= 11 is 0. The van der Waals surface area contributed by atoms with E-state index >= 15 is 0 Å². The van der Waals surface area contributed by atoms with E-state index in [0.29, 0.717) is 6.04 Å². The molecule has 1 atom stereocenters. The molecule has 0 aliphatic carbocycles. The Labute approximate surface area is 244 Å². The Morgan fingerprint density at radius 3 is 2.05 bits per heavy atom. The molecule has 42 heavy (non-hydrogen) atoms. The van der Waals surface area contributed by atoms with Gasteiger partial charge in [0.05, 0.1) is 0 Å². The zero-order valence-electron chi connectivity index (χ0n) is 23.1. The van der Waals surface area contributed by atoms with Crippen LogP contribution in [-0.2, 0) is 12.8 Å². The third kappa shape index (κ3) is 3.60. The van der Waals surface area contributed by atoms with Crippen molar-refractivity contribution in [3.8, 4) is 11.1 Å². The van der Waals surface area contributed by atoms with E-state index in [0.717, 1.165) is 51.8 Å². The molecule has 0 fully saturated rings. The van der Waals surface area contributed by atoms with Gasteiger partial charge in [-0.15, -0.1) is 0 Å². The van der Waals surface area contributed by atoms with Crippen molar-refractivity contribution in [1.29, 1.82) is 0 Å². The van der Waals surface area contributed by atoms with Crippen LogP contribution in [0.4, 0.5) is 28.4 Å². The lowest BCUT2D eigenvalue weighted by molar-refractivity contribution is 0.669. The molecule has 1 aromatic heterocycles. The molecule has 0 bridgehead atoms. The number of rotatable bonds is 4. The van der Waals surface area contributed by atoms with Crippen LogP contribution in [0, 0.1) is 0 Å². The van der Waals surface area contributed by atoms with Gasteiger partial charge in [-0.1, -0.05) is 78.9 Å². The first kappa shape index (κ1) is 23.4. The fourth-order valence-electron chi connectivity index (χ4n) is 7.05. The third-order valence-electron chi connectivity index (χ3n) is 8.96. The molecule has 0 amide bonds. The van der Waals surface area contributed by atoms with Crippen LogP contribution in [0.1, 0.15) is 11.1 Å². The second-order valence-corrected chi connectivity index (χ2v) is 11.4. The van der Waals surface area contributed by atoms with Crippen LogP contribution < -0.4 is 9.80 Å². The Hall–Kier alpha value is -5.28. The average Bonchev–Trinajstić information content (AvgIpc) is 3.71. The Balaban J connectivity index is 1.17. The van der Waals surface area contributed by atoms with Crippen molar-refractivity contribution < 1.29 is 4.42 Å². The molecular weight excluding hydrogens is 512 g/mol. The van der Waals surface area contributed by atoms with Crippen molar-refractivity contribution in [3.63, 3.8) is 0 Å². The summed E-state index contributed by atoms with van der Waals surface area (Å²) < 4.78 is 6.32. The Morgan fingerprint density at radius 2 is 1.14 bits per heavy atom. The third-order valence-corrected chi connectivity index (χ3v) is 8.96. The minimum Gasteiger partial charge on any atom is -0.456 e. The standard InChI is InChI=1S/C39H28N2O/c1-2-8-26(9-3-1)27-14-16-30(17-15-27)40(32-18-20-35-34-11-5-7-13-38(34)42-39(35)25-32)31-19-21-37-29(23-31)24-33-22-28-10-4-6-12-36(28)41(33)37/h1-21,23,25,33H,22,24H2. The highest BCUT2D eigenvalue weighted by atomic mass is 16.3. The number of para-hydroxylation sites is 2. The predicted octanol–water partition coefficient (Wildman–Crippen LogP) is 10.3. The number of hydrogen-bond acceptors (Lipinski definition) is 3. The average molecular weight is 541 g/mol. The highest BCUT2D eigenvalue weighted by Crippen LogP contribution is 2.48. The normalized spacial score (nSPS) is 15.1. The van der Waals surface area contributed by atoms with Crippen LogP contribution in [0.2, 0.25) is 0 Å². The highest BCUT2D eigenvalue weighted by Gasteiger charge is 2.37. The highest BCUT2D eigenvalue weighted by molar-refractivity contribution is 6.06. The Bertz CT molecular complexity index is 2110. The minimum atomic E-state index is 0.498. The molecule has 6 aromatic carbocycles. The van der Waals surface area contributed by atoms with Gasteiger partial charge >= 0.3 is 0 Å². The van der Waals surface area contributed by atoms with Gasteiger partial charge in [0, 0.05) is 51.3 Å². The molecule has 200 valence electrons. The summed E-state index contributed by atoms with van der Waals surface area (Å²) in [6, 6.07) is 50.7. The number of hydrogen-bond donors (Lipinski definition) is 0. The Kier molecular flexibility index (Phi) is 5.09. The predicted molar refractivity (Wildman–Crippen MR) is 174 cm³/mol. The first-order valence-corrected chi connectivity index (χ1v) is 14.7. The molecule has 9 rings (SSSR count). The molecule has 2 aliphatic rings. The summed E-state index contributed by atoms with van der Waals surface area (Å²) in [6.45, 7) is 0. The molecule has 0 spiro atoms. The number of nitrogens with zero attached hydrogens (tertiary/aromatic N) is 2. The smallest absolute Gasteiger partial charge is 0.137 e. The molecule has 0 N–H and O–H groups in total. The van der Waals surface area contributed by atoms with Gasteiger partial charge in [-0.2, -0.15) is 0 Å². The van der Waals surface area contributed by atoms with Crippen LogP contribution in [-0.4, -0.2) is 6.04 Å². The molecule has 0 saturated carbocycles. The van der Waals surface area contributed by atoms with E-state index in [-0.39, 0.29) is 0 Å². The van der Waals surface area contributed by atoms with Crippen molar-refractivity contribution in [3.05, 3.63) is 151 Å². The SMILES string of the molecule is c1ccc(-c2ccc(N(c3ccc4c(c3)CC3Cc5ccccc5N43)c3ccc4c(c3)oc3ccccc34)cc2)cc1. The Morgan fingerprint density at radius 1 is 0.500 bits per heavy atom. The first-order chi connectivity index (χ1) is 20.8. The maximum atomic E-state index is 6.32. The lowest BCUT2D eigenvalue weighted by Crippen LogP contribution is -2.22.